The second-order valence-electron chi connectivity index (χ2n) is 5.40. The Hall–Kier alpha value is -2.11. The number of hydrogen-bond acceptors (Lipinski definition) is 3. The van der Waals surface area contributed by atoms with E-state index in [0.717, 1.165) is 31.6 Å². The third-order valence-corrected chi connectivity index (χ3v) is 4.02. The fourth-order valence-corrected chi connectivity index (χ4v) is 2.91. The van der Waals surface area contributed by atoms with Gasteiger partial charge in [0.1, 0.15) is 5.69 Å². The van der Waals surface area contributed by atoms with Crippen molar-refractivity contribution in [2.24, 2.45) is 7.05 Å². The quantitative estimate of drug-likeness (QED) is 0.901. The Morgan fingerprint density at radius 1 is 1.50 bits per heavy atom. The molecule has 0 aromatic carbocycles. The molecular formula is C14H19N5O. The van der Waals surface area contributed by atoms with Crippen molar-refractivity contribution in [2.75, 3.05) is 13.1 Å². The number of aryl methyl sites for hydroxylation is 2. The molecular weight excluding hydrogens is 254 g/mol. The van der Waals surface area contributed by atoms with Crippen LogP contribution in [0.15, 0.2) is 18.5 Å². The van der Waals surface area contributed by atoms with E-state index in [0.29, 0.717) is 11.6 Å². The van der Waals surface area contributed by atoms with E-state index >= 15 is 0 Å². The van der Waals surface area contributed by atoms with Crippen LogP contribution in [0.25, 0.3) is 0 Å². The van der Waals surface area contributed by atoms with Gasteiger partial charge in [-0.1, -0.05) is 0 Å². The lowest BCUT2D eigenvalue weighted by Crippen LogP contribution is -2.40. The molecule has 0 radical (unpaired) electrons. The number of aromatic nitrogens is 4. The number of piperidine rings is 1. The van der Waals surface area contributed by atoms with Gasteiger partial charge >= 0.3 is 0 Å². The molecule has 0 unspecified atom stereocenters. The first-order valence-corrected chi connectivity index (χ1v) is 6.94. The van der Waals surface area contributed by atoms with Crippen LogP contribution >= 0.6 is 0 Å². The van der Waals surface area contributed by atoms with Crippen molar-refractivity contribution in [2.45, 2.75) is 25.7 Å². The molecule has 0 saturated carbocycles. The van der Waals surface area contributed by atoms with Gasteiger partial charge in [-0.05, 0) is 31.4 Å². The summed E-state index contributed by atoms with van der Waals surface area (Å²) in [7, 11) is 1.80. The number of aromatic amines is 1. The van der Waals surface area contributed by atoms with Crippen molar-refractivity contribution >= 4 is 5.91 Å². The van der Waals surface area contributed by atoms with Crippen LogP contribution in [-0.4, -0.2) is 43.9 Å². The zero-order chi connectivity index (χ0) is 14.1. The van der Waals surface area contributed by atoms with Crippen LogP contribution in [0.5, 0.6) is 0 Å². The molecule has 0 spiro atoms. The van der Waals surface area contributed by atoms with E-state index in [4.69, 9.17) is 0 Å². The second kappa shape index (κ2) is 5.11. The summed E-state index contributed by atoms with van der Waals surface area (Å²) in [5.74, 6) is 0.412. The first-order valence-electron chi connectivity index (χ1n) is 6.94. The number of hydrogen-bond donors (Lipinski definition) is 1. The fourth-order valence-electron chi connectivity index (χ4n) is 2.91. The summed E-state index contributed by atoms with van der Waals surface area (Å²) in [5.41, 5.74) is 2.98. The molecule has 2 aromatic heterocycles. The van der Waals surface area contributed by atoms with E-state index in [1.807, 2.05) is 11.1 Å². The number of nitrogens with one attached hydrogen (secondary N) is 1. The summed E-state index contributed by atoms with van der Waals surface area (Å²) in [5, 5.41) is 11.2. The maximum atomic E-state index is 12.5. The first-order chi connectivity index (χ1) is 9.66. The van der Waals surface area contributed by atoms with E-state index in [2.05, 4.69) is 22.2 Å². The summed E-state index contributed by atoms with van der Waals surface area (Å²) in [6.45, 7) is 3.61. The van der Waals surface area contributed by atoms with Gasteiger partial charge in [0.2, 0.25) is 0 Å². The van der Waals surface area contributed by atoms with Gasteiger partial charge in [-0.3, -0.25) is 14.6 Å². The summed E-state index contributed by atoms with van der Waals surface area (Å²) >= 11 is 0. The number of likely N-dealkylation sites (tertiary alicyclic amines) is 1. The van der Waals surface area contributed by atoms with Gasteiger partial charge in [0.25, 0.3) is 5.91 Å². The number of carbonyl (C=O) groups excluding carboxylic acids is 1. The van der Waals surface area contributed by atoms with Crippen molar-refractivity contribution < 1.29 is 4.79 Å². The molecule has 0 aliphatic carbocycles. The van der Waals surface area contributed by atoms with Gasteiger partial charge in [-0.25, -0.2) is 0 Å². The number of H-pyrrole nitrogens is 1. The number of rotatable bonds is 2. The Labute approximate surface area is 117 Å². The Morgan fingerprint density at radius 3 is 3.00 bits per heavy atom. The lowest BCUT2D eigenvalue weighted by Gasteiger charge is -2.32. The minimum Gasteiger partial charge on any atom is -0.337 e. The molecule has 1 atom stereocenters. The smallest absolute Gasteiger partial charge is 0.272 e. The Kier molecular flexibility index (Phi) is 3.30. The predicted octanol–water partition coefficient (Wildman–Crippen LogP) is 1.47. The molecule has 3 rings (SSSR count). The molecule has 1 fully saturated rings. The molecule has 2 aromatic rings. The van der Waals surface area contributed by atoms with Gasteiger partial charge in [0.05, 0.1) is 6.20 Å². The van der Waals surface area contributed by atoms with Crippen molar-refractivity contribution in [1.82, 2.24) is 24.9 Å². The van der Waals surface area contributed by atoms with E-state index in [1.54, 1.807) is 24.0 Å². The third kappa shape index (κ3) is 2.21. The Balaban J connectivity index is 1.77. The predicted molar refractivity (Wildman–Crippen MR) is 74.4 cm³/mol. The minimum absolute atomic E-state index is 0.0619. The molecule has 1 N–H and O–H groups in total. The van der Waals surface area contributed by atoms with Crippen LogP contribution in [0.3, 0.4) is 0 Å². The minimum atomic E-state index is 0.0619. The number of carbonyl (C=O) groups is 1. The zero-order valence-corrected chi connectivity index (χ0v) is 11.8. The first kappa shape index (κ1) is 12.9. The molecule has 6 heteroatoms. The maximum Gasteiger partial charge on any atom is 0.272 e. The van der Waals surface area contributed by atoms with Crippen LogP contribution in [0, 0.1) is 6.92 Å². The standard InChI is InChI=1S/C14H19N5O/c1-10-8-15-17-13(10)11-4-3-7-19(9-11)14(20)12-5-6-16-18(12)2/h5-6,8,11H,3-4,7,9H2,1-2H3,(H,15,17)/t11-/m0/s1. The summed E-state index contributed by atoms with van der Waals surface area (Å²) in [4.78, 5) is 14.4. The average Bonchev–Trinajstić information content (AvgIpc) is 3.07. The summed E-state index contributed by atoms with van der Waals surface area (Å²) in [6.07, 6.45) is 5.62. The Morgan fingerprint density at radius 2 is 2.35 bits per heavy atom. The molecule has 1 aliphatic heterocycles. The summed E-state index contributed by atoms with van der Waals surface area (Å²) in [6, 6.07) is 1.77. The molecule has 1 aliphatic rings. The molecule has 106 valence electrons. The normalized spacial score (nSPS) is 19.3. The van der Waals surface area contributed by atoms with Gasteiger partial charge in [0, 0.05) is 37.9 Å². The number of nitrogens with zero attached hydrogens (tertiary/aromatic N) is 4. The lowest BCUT2D eigenvalue weighted by atomic mass is 9.93. The van der Waals surface area contributed by atoms with E-state index in [1.165, 1.54) is 5.56 Å². The molecule has 6 nitrogen and oxygen atoms in total. The van der Waals surface area contributed by atoms with Crippen LogP contribution in [0.4, 0.5) is 0 Å². The van der Waals surface area contributed by atoms with Crippen molar-refractivity contribution in [3.8, 4) is 0 Å². The third-order valence-electron chi connectivity index (χ3n) is 4.02. The molecule has 1 saturated heterocycles. The maximum absolute atomic E-state index is 12.5. The fraction of sp³-hybridized carbons (Fsp3) is 0.500. The highest BCUT2D eigenvalue weighted by Crippen LogP contribution is 2.28. The van der Waals surface area contributed by atoms with Crippen molar-refractivity contribution in [1.29, 1.82) is 0 Å². The van der Waals surface area contributed by atoms with Crippen LogP contribution in [0.1, 0.15) is 40.5 Å². The van der Waals surface area contributed by atoms with Gasteiger partial charge in [-0.15, -0.1) is 0 Å². The average molecular weight is 273 g/mol. The van der Waals surface area contributed by atoms with E-state index in [9.17, 15) is 4.79 Å². The highest BCUT2D eigenvalue weighted by atomic mass is 16.2. The van der Waals surface area contributed by atoms with Crippen LogP contribution in [0.2, 0.25) is 0 Å². The van der Waals surface area contributed by atoms with Gasteiger partial charge < -0.3 is 4.90 Å². The topological polar surface area (TPSA) is 66.8 Å². The van der Waals surface area contributed by atoms with Gasteiger partial charge in [-0.2, -0.15) is 10.2 Å². The number of amides is 1. The van der Waals surface area contributed by atoms with E-state index in [-0.39, 0.29) is 5.91 Å². The molecule has 20 heavy (non-hydrogen) atoms. The highest BCUT2D eigenvalue weighted by Gasteiger charge is 2.28. The molecule has 1 amide bonds. The summed E-state index contributed by atoms with van der Waals surface area (Å²) < 4.78 is 1.63. The molecule has 3 heterocycles. The largest absolute Gasteiger partial charge is 0.337 e. The van der Waals surface area contributed by atoms with Crippen LogP contribution in [-0.2, 0) is 7.05 Å². The lowest BCUT2D eigenvalue weighted by molar-refractivity contribution is 0.0694. The van der Waals surface area contributed by atoms with Crippen molar-refractivity contribution in [3.63, 3.8) is 0 Å². The second-order valence-corrected chi connectivity index (χ2v) is 5.40. The monoisotopic (exact) mass is 273 g/mol. The van der Waals surface area contributed by atoms with Crippen LogP contribution < -0.4 is 0 Å². The highest BCUT2D eigenvalue weighted by molar-refractivity contribution is 5.92. The van der Waals surface area contributed by atoms with E-state index < -0.39 is 0 Å². The zero-order valence-electron chi connectivity index (χ0n) is 11.8. The van der Waals surface area contributed by atoms with Gasteiger partial charge in [0.15, 0.2) is 0 Å². The SMILES string of the molecule is Cc1cn[nH]c1[C@H]1CCCN(C(=O)c2ccnn2C)C1. The van der Waals surface area contributed by atoms with Crippen molar-refractivity contribution in [3.05, 3.63) is 35.4 Å². The Bertz CT molecular complexity index is 615. The molecule has 0 bridgehead atoms.